The van der Waals surface area contributed by atoms with Crippen LogP contribution < -0.4 is 5.32 Å². The molecular weight excluding hydrogens is 398 g/mol. The van der Waals surface area contributed by atoms with E-state index in [0.29, 0.717) is 5.92 Å². The molecule has 4 heterocycles. The van der Waals surface area contributed by atoms with Gasteiger partial charge in [0, 0.05) is 57.4 Å². The third kappa shape index (κ3) is 4.29. The molecule has 5 rings (SSSR count). The Morgan fingerprint density at radius 2 is 2.00 bits per heavy atom. The van der Waals surface area contributed by atoms with E-state index < -0.39 is 0 Å². The van der Waals surface area contributed by atoms with Crippen LogP contribution in [0.1, 0.15) is 23.7 Å². The molecule has 3 aromatic heterocycles. The molecule has 0 bridgehead atoms. The van der Waals surface area contributed by atoms with Crippen LogP contribution in [0, 0.1) is 5.92 Å². The number of rotatable bonds is 7. The van der Waals surface area contributed by atoms with Crippen molar-refractivity contribution in [3.8, 4) is 11.3 Å². The quantitative estimate of drug-likeness (QED) is 0.490. The number of fused-ring (bicyclic) bond motifs is 2. The molecule has 1 N–H and O–H groups in total. The highest BCUT2D eigenvalue weighted by Crippen LogP contribution is 2.20. The minimum Gasteiger partial charge on any atom is -0.383 e. The van der Waals surface area contributed by atoms with E-state index in [2.05, 4.69) is 63.1 Å². The molecule has 7 heteroatoms. The zero-order chi connectivity index (χ0) is 22.1. The summed E-state index contributed by atoms with van der Waals surface area (Å²) in [4.78, 5) is 11.8. The maximum atomic E-state index is 4.68. The first-order valence-corrected chi connectivity index (χ1v) is 11.1. The van der Waals surface area contributed by atoms with Crippen molar-refractivity contribution in [2.24, 2.45) is 13.0 Å². The summed E-state index contributed by atoms with van der Waals surface area (Å²) < 4.78 is 3.77. The van der Waals surface area contributed by atoms with Crippen molar-refractivity contribution < 1.29 is 0 Å². The lowest BCUT2D eigenvalue weighted by molar-refractivity contribution is 0.220. The third-order valence-corrected chi connectivity index (χ3v) is 6.09. The number of hydrogen-bond donors (Lipinski definition) is 1. The lowest BCUT2D eigenvalue weighted by Gasteiger charge is -2.31. The van der Waals surface area contributed by atoms with Crippen LogP contribution in [0.4, 0.5) is 0 Å². The van der Waals surface area contributed by atoms with Crippen molar-refractivity contribution in [2.45, 2.75) is 19.9 Å². The maximum absolute atomic E-state index is 4.68. The van der Waals surface area contributed by atoms with Crippen LogP contribution >= 0.6 is 0 Å². The van der Waals surface area contributed by atoms with Crippen LogP contribution in [0.3, 0.4) is 0 Å². The molecule has 0 saturated heterocycles. The van der Waals surface area contributed by atoms with Gasteiger partial charge in [-0.05, 0) is 23.5 Å². The van der Waals surface area contributed by atoms with Gasteiger partial charge in [0.15, 0.2) is 5.65 Å². The summed E-state index contributed by atoms with van der Waals surface area (Å²) in [6.45, 7) is 10.6. The Bertz CT molecular complexity index is 1250. The van der Waals surface area contributed by atoms with Crippen LogP contribution in [-0.2, 0) is 20.0 Å². The molecule has 0 radical (unpaired) electrons. The fourth-order valence-electron chi connectivity index (χ4n) is 4.35. The number of imidazole rings is 1. The molecule has 1 aliphatic heterocycles. The van der Waals surface area contributed by atoms with Crippen LogP contribution in [0.5, 0.6) is 0 Å². The first-order valence-electron chi connectivity index (χ1n) is 11.1. The van der Waals surface area contributed by atoms with Gasteiger partial charge in [-0.25, -0.2) is 4.98 Å². The molecule has 164 valence electrons. The number of nitrogens with zero attached hydrogens (tertiary/aromatic N) is 6. The van der Waals surface area contributed by atoms with Crippen molar-refractivity contribution in [3.05, 3.63) is 78.6 Å². The highest BCUT2D eigenvalue weighted by molar-refractivity contribution is 5.63. The van der Waals surface area contributed by atoms with Gasteiger partial charge < -0.3 is 9.72 Å². The van der Waals surface area contributed by atoms with Gasteiger partial charge in [-0.1, -0.05) is 37.8 Å². The Labute approximate surface area is 188 Å². The topological polar surface area (TPSA) is 63.3 Å². The molecule has 0 fully saturated rings. The number of nitrogens with one attached hydrogen (secondary N) is 1. The average molecular weight is 428 g/mol. The summed E-state index contributed by atoms with van der Waals surface area (Å²) in [5.41, 5.74) is 7.29. The van der Waals surface area contributed by atoms with Crippen LogP contribution in [0.15, 0.2) is 61.8 Å². The standard InChI is InChI=1S/C25H29N7/c1-18(13-31-9-8-20-6-4-5-7-21(20)15-31)10-26-19(2)23-16-32-17-24(27-12-25(32)29-23)22-11-28-30(3)14-22/h4-7,11-12,14,16-18,26H,2,8-10,13,15H2,1,3H3. The van der Waals surface area contributed by atoms with Gasteiger partial charge in [-0.2, -0.15) is 5.10 Å². The van der Waals surface area contributed by atoms with Gasteiger partial charge in [-0.15, -0.1) is 0 Å². The van der Waals surface area contributed by atoms with E-state index in [-0.39, 0.29) is 0 Å². The van der Waals surface area contributed by atoms with E-state index in [1.807, 2.05) is 36.2 Å². The number of benzene rings is 1. The fourth-order valence-corrected chi connectivity index (χ4v) is 4.35. The Kier molecular flexibility index (Phi) is 5.49. The summed E-state index contributed by atoms with van der Waals surface area (Å²) in [6.07, 6.45) is 10.7. The summed E-state index contributed by atoms with van der Waals surface area (Å²) in [5, 5.41) is 7.71. The van der Waals surface area contributed by atoms with Gasteiger partial charge in [0.2, 0.25) is 0 Å². The summed E-state index contributed by atoms with van der Waals surface area (Å²) in [6, 6.07) is 8.79. The summed E-state index contributed by atoms with van der Waals surface area (Å²) >= 11 is 0. The minimum absolute atomic E-state index is 0.507. The van der Waals surface area contributed by atoms with Crippen molar-refractivity contribution in [2.75, 3.05) is 19.6 Å². The molecule has 1 aliphatic rings. The average Bonchev–Trinajstić information content (AvgIpc) is 3.43. The lowest BCUT2D eigenvalue weighted by atomic mass is 9.99. The molecule has 0 spiro atoms. The van der Waals surface area contributed by atoms with Crippen LogP contribution in [0.25, 0.3) is 22.6 Å². The first kappa shape index (κ1) is 20.5. The van der Waals surface area contributed by atoms with Crippen molar-refractivity contribution >= 4 is 11.3 Å². The minimum atomic E-state index is 0.507. The zero-order valence-corrected chi connectivity index (χ0v) is 18.7. The van der Waals surface area contributed by atoms with E-state index in [1.165, 1.54) is 11.1 Å². The Morgan fingerprint density at radius 3 is 2.81 bits per heavy atom. The molecule has 7 nitrogen and oxygen atoms in total. The van der Waals surface area contributed by atoms with Crippen molar-refractivity contribution in [1.29, 1.82) is 0 Å². The Morgan fingerprint density at radius 1 is 1.16 bits per heavy atom. The molecular formula is C25H29N7. The van der Waals surface area contributed by atoms with E-state index >= 15 is 0 Å². The molecule has 1 atom stereocenters. The van der Waals surface area contributed by atoms with E-state index in [0.717, 1.165) is 60.9 Å². The van der Waals surface area contributed by atoms with Gasteiger partial charge in [0.25, 0.3) is 0 Å². The van der Waals surface area contributed by atoms with E-state index in [9.17, 15) is 0 Å². The molecule has 1 aromatic carbocycles. The monoisotopic (exact) mass is 427 g/mol. The second-order valence-electron chi connectivity index (χ2n) is 8.79. The molecule has 0 amide bonds. The molecule has 0 saturated carbocycles. The van der Waals surface area contributed by atoms with Crippen molar-refractivity contribution in [3.63, 3.8) is 0 Å². The first-order chi connectivity index (χ1) is 15.5. The van der Waals surface area contributed by atoms with Gasteiger partial charge in [-0.3, -0.25) is 14.6 Å². The molecule has 4 aromatic rings. The second-order valence-corrected chi connectivity index (χ2v) is 8.79. The van der Waals surface area contributed by atoms with Gasteiger partial charge in [0.1, 0.15) is 5.69 Å². The molecule has 0 aliphatic carbocycles. The number of aromatic nitrogens is 5. The lowest BCUT2D eigenvalue weighted by Crippen LogP contribution is -2.36. The van der Waals surface area contributed by atoms with Crippen LogP contribution in [-0.4, -0.2) is 48.7 Å². The normalized spacial score (nSPS) is 14.9. The number of hydrogen-bond acceptors (Lipinski definition) is 5. The van der Waals surface area contributed by atoms with Crippen LogP contribution in [0.2, 0.25) is 0 Å². The number of aryl methyl sites for hydroxylation is 1. The summed E-state index contributed by atoms with van der Waals surface area (Å²) in [7, 11) is 1.90. The Balaban J connectivity index is 1.18. The third-order valence-electron chi connectivity index (χ3n) is 6.09. The Hall–Kier alpha value is -3.45. The predicted molar refractivity (Wildman–Crippen MR) is 127 cm³/mol. The van der Waals surface area contributed by atoms with Crippen molar-refractivity contribution in [1.82, 2.24) is 34.4 Å². The summed E-state index contributed by atoms with van der Waals surface area (Å²) in [5.74, 6) is 0.507. The zero-order valence-electron chi connectivity index (χ0n) is 18.7. The molecule has 32 heavy (non-hydrogen) atoms. The molecule has 1 unspecified atom stereocenters. The smallest absolute Gasteiger partial charge is 0.156 e. The highest BCUT2D eigenvalue weighted by Gasteiger charge is 2.18. The van der Waals surface area contributed by atoms with E-state index in [4.69, 9.17) is 0 Å². The fraction of sp³-hybridized carbons (Fsp3) is 0.320. The second kappa shape index (κ2) is 8.59. The van der Waals surface area contributed by atoms with Gasteiger partial charge >= 0.3 is 0 Å². The SMILES string of the molecule is C=C(NCC(C)CN1CCc2ccccc2C1)c1cn2cc(-c3cnn(C)c3)ncc2n1. The van der Waals surface area contributed by atoms with E-state index in [1.54, 1.807) is 10.9 Å². The van der Waals surface area contributed by atoms with Gasteiger partial charge in [0.05, 0.1) is 23.8 Å². The largest absolute Gasteiger partial charge is 0.383 e. The maximum Gasteiger partial charge on any atom is 0.156 e. The predicted octanol–water partition coefficient (Wildman–Crippen LogP) is 3.38. The highest BCUT2D eigenvalue weighted by atomic mass is 15.2.